The minimum absolute atomic E-state index is 0.109. The fourth-order valence-electron chi connectivity index (χ4n) is 3.84. The van der Waals surface area contributed by atoms with Crippen molar-refractivity contribution in [3.8, 4) is 0 Å². The number of hydrogen-bond donors (Lipinski definition) is 2. The Bertz CT molecular complexity index is 519. The van der Waals surface area contributed by atoms with Gasteiger partial charge in [0.05, 0.1) is 5.54 Å². The molecule has 2 heterocycles. The van der Waals surface area contributed by atoms with Gasteiger partial charge in [-0.15, -0.1) is 0 Å². The first-order chi connectivity index (χ1) is 11.5. The van der Waals surface area contributed by atoms with Crippen LogP contribution in [-0.4, -0.2) is 88.7 Å². The second-order valence-electron chi connectivity index (χ2n) is 8.80. The number of carbonyl (C=O) groups is 2. The van der Waals surface area contributed by atoms with Crippen molar-refractivity contribution in [1.29, 1.82) is 0 Å². The quantitative estimate of drug-likeness (QED) is 0.782. The molecule has 25 heavy (non-hydrogen) atoms. The summed E-state index contributed by atoms with van der Waals surface area (Å²) in [6.45, 7) is 16.3. The predicted molar refractivity (Wildman–Crippen MR) is 97.7 cm³/mol. The summed E-state index contributed by atoms with van der Waals surface area (Å²) in [6, 6.07) is 0.395. The summed E-state index contributed by atoms with van der Waals surface area (Å²) >= 11 is 0. The van der Waals surface area contributed by atoms with Crippen molar-refractivity contribution in [3.05, 3.63) is 0 Å². The van der Waals surface area contributed by atoms with Crippen LogP contribution in [0.3, 0.4) is 0 Å². The van der Waals surface area contributed by atoms with Gasteiger partial charge in [-0.1, -0.05) is 20.8 Å². The van der Waals surface area contributed by atoms with E-state index in [0.717, 1.165) is 26.2 Å². The summed E-state index contributed by atoms with van der Waals surface area (Å²) in [4.78, 5) is 29.3. The van der Waals surface area contributed by atoms with Gasteiger partial charge < -0.3 is 15.3 Å². The van der Waals surface area contributed by atoms with E-state index in [1.807, 2.05) is 11.8 Å². The van der Waals surface area contributed by atoms with Crippen molar-refractivity contribution in [2.45, 2.75) is 59.2 Å². The molecule has 2 aliphatic rings. The number of piperazine rings is 2. The SMILES string of the molecule is CC(=O)N1CCN(C[C@H]2CN(C(=O)O)[C@](C)(C(C)(C)C)CN2)[C@H](C)C1. The van der Waals surface area contributed by atoms with Crippen LogP contribution in [0.15, 0.2) is 0 Å². The second-order valence-corrected chi connectivity index (χ2v) is 8.80. The monoisotopic (exact) mass is 354 g/mol. The number of amides is 2. The second kappa shape index (κ2) is 7.11. The molecule has 2 N–H and O–H groups in total. The van der Waals surface area contributed by atoms with Gasteiger partial charge in [0, 0.05) is 58.3 Å². The maximum Gasteiger partial charge on any atom is 0.407 e. The molecule has 2 amide bonds. The molecule has 0 spiro atoms. The third kappa shape index (κ3) is 4.08. The smallest absolute Gasteiger partial charge is 0.407 e. The molecule has 0 radical (unpaired) electrons. The first-order valence-electron chi connectivity index (χ1n) is 9.19. The third-order valence-corrected chi connectivity index (χ3v) is 6.25. The fraction of sp³-hybridized carbons (Fsp3) is 0.889. The molecule has 0 aromatic carbocycles. The molecule has 144 valence electrons. The van der Waals surface area contributed by atoms with E-state index in [1.165, 1.54) is 0 Å². The summed E-state index contributed by atoms with van der Waals surface area (Å²) in [5.74, 6) is 0.125. The lowest BCUT2D eigenvalue weighted by atomic mass is 9.72. The Morgan fingerprint density at radius 2 is 1.88 bits per heavy atom. The Kier molecular flexibility index (Phi) is 5.68. The van der Waals surface area contributed by atoms with E-state index in [4.69, 9.17) is 0 Å². The van der Waals surface area contributed by atoms with Crippen molar-refractivity contribution in [2.75, 3.05) is 39.3 Å². The highest BCUT2D eigenvalue weighted by molar-refractivity contribution is 5.73. The molecule has 3 atom stereocenters. The molecule has 7 nitrogen and oxygen atoms in total. The van der Waals surface area contributed by atoms with Gasteiger partial charge in [-0.25, -0.2) is 4.79 Å². The number of nitrogens with one attached hydrogen (secondary N) is 1. The van der Waals surface area contributed by atoms with E-state index in [0.29, 0.717) is 13.1 Å². The summed E-state index contributed by atoms with van der Waals surface area (Å²) in [7, 11) is 0. The molecular weight excluding hydrogens is 320 g/mol. The fourth-order valence-corrected chi connectivity index (χ4v) is 3.84. The van der Waals surface area contributed by atoms with Crippen molar-refractivity contribution >= 4 is 12.0 Å². The zero-order valence-corrected chi connectivity index (χ0v) is 16.5. The van der Waals surface area contributed by atoms with Crippen molar-refractivity contribution in [1.82, 2.24) is 20.0 Å². The lowest BCUT2D eigenvalue weighted by Crippen LogP contribution is -2.71. The highest BCUT2D eigenvalue weighted by atomic mass is 16.4. The van der Waals surface area contributed by atoms with Crippen molar-refractivity contribution < 1.29 is 14.7 Å². The molecule has 2 saturated heterocycles. The van der Waals surface area contributed by atoms with Gasteiger partial charge in [0.2, 0.25) is 5.91 Å². The first-order valence-corrected chi connectivity index (χ1v) is 9.19. The Labute approximate surface area is 151 Å². The first kappa shape index (κ1) is 20.0. The predicted octanol–water partition coefficient (Wildman–Crippen LogP) is 1.30. The third-order valence-electron chi connectivity index (χ3n) is 6.25. The molecule has 2 rings (SSSR count). The molecule has 2 fully saturated rings. The van der Waals surface area contributed by atoms with Crippen LogP contribution in [0, 0.1) is 5.41 Å². The molecule has 0 aromatic rings. The average Bonchev–Trinajstić information content (AvgIpc) is 2.49. The summed E-state index contributed by atoms with van der Waals surface area (Å²) < 4.78 is 0. The molecule has 0 aliphatic carbocycles. The van der Waals surface area contributed by atoms with Crippen LogP contribution >= 0.6 is 0 Å². The summed E-state index contributed by atoms with van der Waals surface area (Å²) in [6.07, 6.45) is -0.849. The van der Waals surface area contributed by atoms with Crippen LogP contribution in [0.1, 0.15) is 41.5 Å². The van der Waals surface area contributed by atoms with E-state index in [-0.39, 0.29) is 23.4 Å². The Hall–Kier alpha value is -1.34. The zero-order chi connectivity index (χ0) is 19.0. The van der Waals surface area contributed by atoms with Gasteiger partial charge in [0.1, 0.15) is 0 Å². The maximum absolute atomic E-state index is 11.9. The highest BCUT2D eigenvalue weighted by Crippen LogP contribution is 2.37. The lowest BCUT2D eigenvalue weighted by Gasteiger charge is -2.54. The summed E-state index contributed by atoms with van der Waals surface area (Å²) in [5.41, 5.74) is -0.585. The number of carbonyl (C=O) groups excluding carboxylic acids is 1. The largest absolute Gasteiger partial charge is 0.465 e. The van der Waals surface area contributed by atoms with Crippen LogP contribution in [0.5, 0.6) is 0 Å². The van der Waals surface area contributed by atoms with Crippen LogP contribution in [0.4, 0.5) is 4.79 Å². The van der Waals surface area contributed by atoms with Gasteiger partial charge >= 0.3 is 6.09 Å². The zero-order valence-electron chi connectivity index (χ0n) is 16.5. The Morgan fingerprint density at radius 1 is 1.24 bits per heavy atom. The average molecular weight is 354 g/mol. The lowest BCUT2D eigenvalue weighted by molar-refractivity contribution is -0.131. The minimum atomic E-state index is -0.849. The van der Waals surface area contributed by atoms with Gasteiger partial charge in [0.25, 0.3) is 0 Å². The van der Waals surface area contributed by atoms with E-state index in [1.54, 1.807) is 11.8 Å². The topological polar surface area (TPSA) is 76.1 Å². The summed E-state index contributed by atoms with van der Waals surface area (Å²) in [5, 5.41) is 13.3. The molecule has 0 bridgehead atoms. The van der Waals surface area contributed by atoms with Crippen LogP contribution < -0.4 is 5.32 Å². The van der Waals surface area contributed by atoms with Gasteiger partial charge in [-0.05, 0) is 19.3 Å². The van der Waals surface area contributed by atoms with Crippen LogP contribution in [-0.2, 0) is 4.79 Å². The van der Waals surface area contributed by atoms with Gasteiger partial charge in [0.15, 0.2) is 0 Å². The maximum atomic E-state index is 11.9. The Morgan fingerprint density at radius 3 is 2.36 bits per heavy atom. The Balaban J connectivity index is 2.02. The van der Waals surface area contributed by atoms with E-state index < -0.39 is 11.6 Å². The molecule has 7 heteroatoms. The van der Waals surface area contributed by atoms with Crippen molar-refractivity contribution in [2.24, 2.45) is 5.41 Å². The number of nitrogens with zero attached hydrogens (tertiary/aromatic N) is 3. The molecule has 0 aromatic heterocycles. The number of rotatable bonds is 2. The van der Waals surface area contributed by atoms with E-state index in [2.05, 4.69) is 37.9 Å². The molecular formula is C18H34N4O3. The number of hydrogen-bond acceptors (Lipinski definition) is 4. The minimum Gasteiger partial charge on any atom is -0.465 e. The van der Waals surface area contributed by atoms with E-state index >= 15 is 0 Å². The highest BCUT2D eigenvalue weighted by Gasteiger charge is 2.48. The van der Waals surface area contributed by atoms with Crippen LogP contribution in [0.2, 0.25) is 0 Å². The van der Waals surface area contributed by atoms with Crippen LogP contribution in [0.25, 0.3) is 0 Å². The van der Waals surface area contributed by atoms with E-state index in [9.17, 15) is 14.7 Å². The molecule has 0 saturated carbocycles. The number of carboxylic acid groups (broad SMARTS) is 1. The molecule has 0 unspecified atom stereocenters. The standard InChI is InChI=1S/C18H34N4O3/c1-13-9-21(14(2)23)8-7-20(13)10-15-11-22(16(24)25)18(6,12-19-15)17(3,4)5/h13,15,19H,7-12H2,1-6H3,(H,24,25)/t13-,15+,18+/m1/s1. The van der Waals surface area contributed by atoms with Crippen molar-refractivity contribution in [3.63, 3.8) is 0 Å². The van der Waals surface area contributed by atoms with Gasteiger partial charge in [-0.2, -0.15) is 0 Å². The normalized spacial score (nSPS) is 31.9. The molecule has 2 aliphatic heterocycles. The van der Waals surface area contributed by atoms with Gasteiger partial charge in [-0.3, -0.25) is 14.6 Å².